The van der Waals surface area contributed by atoms with E-state index in [0.29, 0.717) is 5.56 Å². The molecule has 2 atom stereocenters. The number of β-lactam (4-membered cyclic amide) rings is 1. The Morgan fingerprint density at radius 2 is 1.71 bits per heavy atom. The molecule has 0 aromatic heterocycles. The van der Waals surface area contributed by atoms with Crippen LogP contribution < -0.4 is 40.2 Å². The van der Waals surface area contributed by atoms with Crippen molar-refractivity contribution in [1.82, 2.24) is 14.9 Å². The summed E-state index contributed by atoms with van der Waals surface area (Å²) >= 11 is 0. The molecule has 2 aromatic carbocycles. The average molecular weight is 457 g/mol. The molecule has 12 heteroatoms. The molecule has 2 unspecified atom stereocenters. The number of amides is 3. The summed E-state index contributed by atoms with van der Waals surface area (Å²) in [4.78, 5) is 36.8. The van der Waals surface area contributed by atoms with E-state index in [1.54, 1.807) is 54.6 Å². The summed E-state index contributed by atoms with van der Waals surface area (Å²) in [6, 6.07) is 14.9. The van der Waals surface area contributed by atoms with Crippen molar-refractivity contribution in [3.63, 3.8) is 0 Å². The molecular formula is C19H20N3NaO7S. The number of rotatable bonds is 7. The van der Waals surface area contributed by atoms with Crippen molar-refractivity contribution in [2.45, 2.75) is 18.7 Å². The monoisotopic (exact) mass is 457 g/mol. The molecule has 0 bridgehead atoms. The minimum Gasteiger partial charge on any atom is -1.00 e. The van der Waals surface area contributed by atoms with Crippen molar-refractivity contribution < 1.29 is 63.1 Å². The Labute approximate surface area is 202 Å². The van der Waals surface area contributed by atoms with Crippen LogP contribution >= 0.6 is 0 Å². The van der Waals surface area contributed by atoms with Gasteiger partial charge in [0.05, 0.1) is 6.54 Å². The standard InChI is InChI=1S/C19H19N3O7S.Na.H/c23-17(20-15-11-22(18(15)24)30(26,27)28)16(14-9-5-2-6-10-14)21-19(25)29-12-13-7-3-1-4-8-13;;/h1-10,15-16H,11-12H2,(H,20,23)(H,21,25)(H,26,27,28);;/q;+1;-1. The maximum Gasteiger partial charge on any atom is 1.00 e. The van der Waals surface area contributed by atoms with Crippen LogP contribution in [0, 0.1) is 0 Å². The normalized spacial score (nSPS) is 16.4. The number of hydrogen-bond donors (Lipinski definition) is 3. The quantitative estimate of drug-likeness (QED) is 0.246. The van der Waals surface area contributed by atoms with E-state index in [9.17, 15) is 22.8 Å². The molecule has 1 saturated heterocycles. The van der Waals surface area contributed by atoms with E-state index in [2.05, 4.69) is 10.6 Å². The summed E-state index contributed by atoms with van der Waals surface area (Å²) in [5.74, 6) is -1.70. The maximum absolute atomic E-state index is 12.7. The number of benzene rings is 2. The van der Waals surface area contributed by atoms with E-state index in [0.717, 1.165) is 5.56 Å². The van der Waals surface area contributed by atoms with Gasteiger partial charge in [-0.25, -0.2) is 9.10 Å². The zero-order chi connectivity index (χ0) is 21.7. The number of alkyl carbamates (subject to hydrolysis) is 1. The van der Waals surface area contributed by atoms with Crippen molar-refractivity contribution in [2.75, 3.05) is 6.54 Å². The Kier molecular flexibility index (Phi) is 8.60. The molecule has 1 aliphatic rings. The van der Waals surface area contributed by atoms with E-state index in [-0.39, 0.29) is 41.9 Å². The molecular weight excluding hydrogens is 437 g/mol. The molecule has 0 saturated carbocycles. The molecule has 3 N–H and O–H groups in total. The van der Waals surface area contributed by atoms with E-state index in [4.69, 9.17) is 9.29 Å². The van der Waals surface area contributed by atoms with Gasteiger partial charge in [0.15, 0.2) is 0 Å². The summed E-state index contributed by atoms with van der Waals surface area (Å²) in [6.07, 6.45) is -0.845. The van der Waals surface area contributed by atoms with Crippen LogP contribution in [0.4, 0.5) is 4.79 Å². The van der Waals surface area contributed by atoms with E-state index in [1.807, 2.05) is 6.07 Å². The van der Waals surface area contributed by atoms with Gasteiger partial charge in [0.25, 0.3) is 5.91 Å². The van der Waals surface area contributed by atoms with Crippen molar-refractivity contribution >= 4 is 28.2 Å². The summed E-state index contributed by atoms with van der Waals surface area (Å²) in [6.45, 7) is -0.399. The fourth-order valence-corrected chi connectivity index (χ4v) is 3.49. The first-order valence-electron chi connectivity index (χ1n) is 8.87. The zero-order valence-corrected chi connectivity index (χ0v) is 19.4. The third-order valence-electron chi connectivity index (χ3n) is 4.36. The third-order valence-corrected chi connectivity index (χ3v) is 5.24. The molecule has 0 spiro atoms. The van der Waals surface area contributed by atoms with Gasteiger partial charge in [0.2, 0.25) is 5.91 Å². The minimum atomic E-state index is -4.67. The molecule has 2 aromatic rings. The number of carbonyl (C=O) groups is 3. The van der Waals surface area contributed by atoms with Crippen LogP contribution in [0.1, 0.15) is 18.6 Å². The zero-order valence-electron chi connectivity index (χ0n) is 17.6. The molecule has 1 aliphatic heterocycles. The van der Waals surface area contributed by atoms with Crippen LogP contribution in [0.2, 0.25) is 0 Å². The summed E-state index contributed by atoms with van der Waals surface area (Å²) in [7, 11) is -4.67. The predicted octanol–water partition coefficient (Wildman–Crippen LogP) is -2.10. The molecule has 1 heterocycles. The molecule has 3 amide bonds. The second-order valence-electron chi connectivity index (χ2n) is 6.46. The van der Waals surface area contributed by atoms with Crippen LogP contribution in [-0.4, -0.2) is 47.8 Å². The van der Waals surface area contributed by atoms with E-state index < -0.39 is 46.8 Å². The number of nitrogens with one attached hydrogen (secondary N) is 2. The molecule has 0 radical (unpaired) electrons. The predicted molar refractivity (Wildman–Crippen MR) is 105 cm³/mol. The van der Waals surface area contributed by atoms with Crippen LogP contribution in [0.3, 0.4) is 0 Å². The van der Waals surface area contributed by atoms with Crippen LogP contribution in [0.25, 0.3) is 0 Å². The Bertz CT molecular complexity index is 1040. The smallest absolute Gasteiger partial charge is 1.00 e. The van der Waals surface area contributed by atoms with Gasteiger partial charge in [0, 0.05) is 0 Å². The van der Waals surface area contributed by atoms with Gasteiger partial charge in [-0.15, -0.1) is 0 Å². The topological polar surface area (TPSA) is 142 Å². The van der Waals surface area contributed by atoms with Gasteiger partial charge in [-0.1, -0.05) is 60.7 Å². The van der Waals surface area contributed by atoms with Gasteiger partial charge < -0.3 is 16.8 Å². The molecule has 1 fully saturated rings. The van der Waals surface area contributed by atoms with Gasteiger partial charge in [-0.2, -0.15) is 8.42 Å². The third kappa shape index (κ3) is 6.52. The first-order valence-corrected chi connectivity index (χ1v) is 10.3. The first-order chi connectivity index (χ1) is 14.3. The van der Waals surface area contributed by atoms with E-state index >= 15 is 0 Å². The molecule has 160 valence electrons. The van der Waals surface area contributed by atoms with Crippen molar-refractivity contribution in [3.8, 4) is 0 Å². The Balaban J connectivity index is 0.00000256. The van der Waals surface area contributed by atoms with Crippen molar-refractivity contribution in [3.05, 3.63) is 71.8 Å². The van der Waals surface area contributed by atoms with Crippen LogP contribution in [0.5, 0.6) is 0 Å². The maximum atomic E-state index is 12.7. The second kappa shape index (κ2) is 10.7. The Morgan fingerprint density at radius 3 is 2.26 bits per heavy atom. The van der Waals surface area contributed by atoms with Gasteiger partial charge in [-0.3, -0.25) is 14.1 Å². The second-order valence-corrected chi connectivity index (χ2v) is 7.79. The largest absolute Gasteiger partial charge is 1.00 e. The van der Waals surface area contributed by atoms with Crippen molar-refractivity contribution in [2.24, 2.45) is 0 Å². The SMILES string of the molecule is O=C(NC(C(=O)NC1CN(S(=O)(=O)O)C1=O)c1ccccc1)OCc1ccccc1.[H-].[Na+]. The van der Waals surface area contributed by atoms with Crippen molar-refractivity contribution in [1.29, 1.82) is 0 Å². The molecule has 31 heavy (non-hydrogen) atoms. The molecule has 3 rings (SSSR count). The fourth-order valence-electron chi connectivity index (χ4n) is 2.79. The molecule has 0 aliphatic carbocycles. The van der Waals surface area contributed by atoms with E-state index in [1.165, 1.54) is 0 Å². The van der Waals surface area contributed by atoms with Gasteiger partial charge in [-0.05, 0) is 11.1 Å². The van der Waals surface area contributed by atoms with Crippen LogP contribution in [0.15, 0.2) is 60.7 Å². The first kappa shape index (κ1) is 24.8. The summed E-state index contributed by atoms with van der Waals surface area (Å²) in [5.41, 5.74) is 1.20. The Morgan fingerprint density at radius 1 is 1.13 bits per heavy atom. The van der Waals surface area contributed by atoms with Gasteiger partial charge in [0.1, 0.15) is 18.7 Å². The average Bonchev–Trinajstić information content (AvgIpc) is 2.73. The van der Waals surface area contributed by atoms with Crippen LogP contribution in [-0.2, 0) is 31.2 Å². The van der Waals surface area contributed by atoms with Gasteiger partial charge >= 0.3 is 46.0 Å². The number of ether oxygens (including phenoxy) is 1. The summed E-state index contributed by atoms with van der Waals surface area (Å²) in [5, 5.41) is 4.82. The number of hydrogen-bond acceptors (Lipinski definition) is 6. The number of carbonyl (C=O) groups excluding carboxylic acids is 3. The fraction of sp³-hybridized carbons (Fsp3) is 0.211. The molecule has 10 nitrogen and oxygen atoms in total. The summed E-state index contributed by atoms with van der Waals surface area (Å²) < 4.78 is 36.3. The number of nitrogens with zero attached hydrogens (tertiary/aromatic N) is 1. The Hall–Kier alpha value is -2.44. The minimum absolute atomic E-state index is 0.